The fraction of sp³-hybridized carbons (Fsp3) is 0.143. The Morgan fingerprint density at radius 2 is 1.95 bits per heavy atom. The molecule has 2 nitrogen and oxygen atoms in total. The Morgan fingerprint density at radius 3 is 2.63 bits per heavy atom. The summed E-state index contributed by atoms with van der Waals surface area (Å²) in [6.45, 7) is 0. The van der Waals surface area contributed by atoms with Gasteiger partial charge in [0.05, 0.1) is 7.11 Å². The zero-order valence-corrected chi connectivity index (χ0v) is 12.4. The second kappa shape index (κ2) is 5.90. The smallest absolute Gasteiger partial charge is 0.129 e. The van der Waals surface area contributed by atoms with Crippen LogP contribution in [0.1, 0.15) is 17.2 Å². The molecule has 1 unspecified atom stereocenters. The Bertz CT molecular complexity index is 604. The molecule has 0 saturated heterocycles. The lowest BCUT2D eigenvalue weighted by atomic mass is 10.0. The number of ether oxygens (including phenoxy) is 1. The van der Waals surface area contributed by atoms with Gasteiger partial charge in [-0.15, -0.1) is 0 Å². The van der Waals surface area contributed by atoms with Crippen LogP contribution in [0.25, 0.3) is 0 Å². The first-order chi connectivity index (χ1) is 9.02. The van der Waals surface area contributed by atoms with Crippen LogP contribution in [0.3, 0.4) is 0 Å². The number of hydrogen-bond acceptors (Lipinski definition) is 2. The van der Waals surface area contributed by atoms with Gasteiger partial charge in [0.25, 0.3) is 0 Å². The SMILES string of the molecule is COc1cc(Cl)ccc1C(O)c1cc(Br)ccc1F. The first-order valence-corrected chi connectivity index (χ1v) is 6.66. The molecule has 100 valence electrons. The Morgan fingerprint density at radius 1 is 1.21 bits per heavy atom. The maximum Gasteiger partial charge on any atom is 0.129 e. The minimum atomic E-state index is -1.12. The zero-order chi connectivity index (χ0) is 14.0. The second-order valence-electron chi connectivity index (χ2n) is 3.95. The predicted octanol–water partition coefficient (Wildman–Crippen LogP) is 4.33. The largest absolute Gasteiger partial charge is 0.496 e. The maximum atomic E-state index is 13.8. The molecule has 0 aromatic heterocycles. The molecule has 0 heterocycles. The standard InChI is InChI=1S/C14H11BrClFO2/c1-19-13-7-9(16)3-4-10(13)14(18)11-6-8(15)2-5-12(11)17/h2-7,14,18H,1H3. The van der Waals surface area contributed by atoms with Crippen LogP contribution in [0.4, 0.5) is 4.39 Å². The molecule has 0 aliphatic carbocycles. The van der Waals surface area contributed by atoms with Crippen LogP contribution in [0.15, 0.2) is 40.9 Å². The molecule has 0 spiro atoms. The molecular weight excluding hydrogens is 335 g/mol. The topological polar surface area (TPSA) is 29.5 Å². The lowest BCUT2D eigenvalue weighted by Crippen LogP contribution is -2.04. The van der Waals surface area contributed by atoms with E-state index in [1.54, 1.807) is 24.3 Å². The molecule has 19 heavy (non-hydrogen) atoms. The van der Waals surface area contributed by atoms with E-state index in [4.69, 9.17) is 16.3 Å². The van der Waals surface area contributed by atoms with E-state index in [1.165, 1.54) is 19.2 Å². The first-order valence-electron chi connectivity index (χ1n) is 5.49. The number of halogens is 3. The number of aliphatic hydroxyl groups is 1. The summed E-state index contributed by atoms with van der Waals surface area (Å²) in [6.07, 6.45) is -1.12. The Balaban J connectivity index is 2.49. The van der Waals surface area contributed by atoms with Gasteiger partial charge in [0.2, 0.25) is 0 Å². The van der Waals surface area contributed by atoms with Crippen LogP contribution in [0.5, 0.6) is 5.75 Å². The summed E-state index contributed by atoms with van der Waals surface area (Å²) in [6, 6.07) is 9.23. The highest BCUT2D eigenvalue weighted by Crippen LogP contribution is 2.34. The Kier molecular flexibility index (Phi) is 4.45. The fourth-order valence-electron chi connectivity index (χ4n) is 1.80. The molecular formula is C14H11BrClFO2. The molecule has 0 saturated carbocycles. The number of hydrogen-bond donors (Lipinski definition) is 1. The van der Waals surface area contributed by atoms with Crippen molar-refractivity contribution in [3.63, 3.8) is 0 Å². The van der Waals surface area contributed by atoms with Crippen LogP contribution >= 0.6 is 27.5 Å². The normalized spacial score (nSPS) is 12.3. The van der Waals surface area contributed by atoms with Crippen molar-refractivity contribution in [3.8, 4) is 5.75 Å². The van der Waals surface area contributed by atoms with Crippen LogP contribution in [-0.2, 0) is 0 Å². The molecule has 2 aromatic rings. The van der Waals surface area contributed by atoms with Gasteiger partial charge in [-0.05, 0) is 30.3 Å². The third-order valence-electron chi connectivity index (χ3n) is 2.74. The van der Waals surface area contributed by atoms with Gasteiger partial charge in [-0.2, -0.15) is 0 Å². The summed E-state index contributed by atoms with van der Waals surface area (Å²) in [5, 5.41) is 10.8. The minimum Gasteiger partial charge on any atom is -0.496 e. The van der Waals surface area contributed by atoms with Crippen molar-refractivity contribution in [2.45, 2.75) is 6.10 Å². The van der Waals surface area contributed by atoms with Gasteiger partial charge >= 0.3 is 0 Å². The number of methoxy groups -OCH3 is 1. The summed E-state index contributed by atoms with van der Waals surface area (Å²) in [7, 11) is 1.47. The van der Waals surface area contributed by atoms with Crippen molar-refractivity contribution in [3.05, 3.63) is 62.8 Å². The molecule has 0 aliphatic rings. The van der Waals surface area contributed by atoms with E-state index in [0.29, 0.717) is 20.8 Å². The van der Waals surface area contributed by atoms with E-state index in [0.717, 1.165) is 0 Å². The molecule has 0 aliphatic heterocycles. The van der Waals surface area contributed by atoms with Crippen molar-refractivity contribution in [2.75, 3.05) is 7.11 Å². The molecule has 0 amide bonds. The maximum absolute atomic E-state index is 13.8. The average Bonchev–Trinajstić information content (AvgIpc) is 2.40. The highest BCUT2D eigenvalue weighted by atomic mass is 79.9. The van der Waals surface area contributed by atoms with Gasteiger partial charge in [-0.1, -0.05) is 33.6 Å². The Hall–Kier alpha value is -1.10. The van der Waals surface area contributed by atoms with Crippen molar-refractivity contribution >= 4 is 27.5 Å². The highest BCUT2D eigenvalue weighted by molar-refractivity contribution is 9.10. The van der Waals surface area contributed by atoms with Crippen LogP contribution in [-0.4, -0.2) is 12.2 Å². The minimum absolute atomic E-state index is 0.176. The van der Waals surface area contributed by atoms with Gasteiger partial charge in [-0.25, -0.2) is 4.39 Å². The zero-order valence-electron chi connectivity index (χ0n) is 10.0. The van der Waals surface area contributed by atoms with Gasteiger partial charge in [0, 0.05) is 20.6 Å². The van der Waals surface area contributed by atoms with E-state index in [2.05, 4.69) is 15.9 Å². The lowest BCUT2D eigenvalue weighted by molar-refractivity contribution is 0.209. The van der Waals surface area contributed by atoms with Gasteiger partial charge in [0.15, 0.2) is 0 Å². The molecule has 1 N–H and O–H groups in total. The van der Waals surface area contributed by atoms with Gasteiger partial charge in [-0.3, -0.25) is 0 Å². The van der Waals surface area contributed by atoms with Crippen molar-refractivity contribution in [1.82, 2.24) is 0 Å². The number of rotatable bonds is 3. The average molecular weight is 346 g/mol. The summed E-state index contributed by atoms with van der Waals surface area (Å²) in [4.78, 5) is 0. The van der Waals surface area contributed by atoms with Crippen LogP contribution in [0.2, 0.25) is 5.02 Å². The quantitative estimate of drug-likeness (QED) is 0.897. The van der Waals surface area contributed by atoms with Crippen molar-refractivity contribution in [1.29, 1.82) is 0 Å². The molecule has 0 bridgehead atoms. The molecule has 1 atom stereocenters. The predicted molar refractivity (Wildman–Crippen MR) is 76.2 cm³/mol. The van der Waals surface area contributed by atoms with E-state index in [9.17, 15) is 9.50 Å². The lowest BCUT2D eigenvalue weighted by Gasteiger charge is -2.16. The number of aliphatic hydroxyl groups excluding tert-OH is 1. The van der Waals surface area contributed by atoms with Crippen LogP contribution in [0, 0.1) is 5.82 Å². The van der Waals surface area contributed by atoms with Crippen molar-refractivity contribution < 1.29 is 14.2 Å². The van der Waals surface area contributed by atoms with E-state index in [-0.39, 0.29) is 5.56 Å². The first kappa shape index (κ1) is 14.3. The summed E-state index contributed by atoms with van der Waals surface area (Å²) in [5.41, 5.74) is 0.638. The monoisotopic (exact) mass is 344 g/mol. The second-order valence-corrected chi connectivity index (χ2v) is 5.31. The molecule has 2 rings (SSSR count). The third-order valence-corrected chi connectivity index (χ3v) is 3.47. The summed E-state index contributed by atoms with van der Waals surface area (Å²) < 4.78 is 19.6. The molecule has 0 fully saturated rings. The van der Waals surface area contributed by atoms with Crippen molar-refractivity contribution in [2.24, 2.45) is 0 Å². The molecule has 5 heteroatoms. The van der Waals surface area contributed by atoms with E-state index >= 15 is 0 Å². The molecule has 0 radical (unpaired) electrons. The number of benzene rings is 2. The van der Waals surface area contributed by atoms with Gasteiger partial charge < -0.3 is 9.84 Å². The van der Waals surface area contributed by atoms with Crippen LogP contribution < -0.4 is 4.74 Å². The highest BCUT2D eigenvalue weighted by Gasteiger charge is 2.19. The van der Waals surface area contributed by atoms with Gasteiger partial charge in [0.1, 0.15) is 17.7 Å². The van der Waals surface area contributed by atoms with E-state index in [1.807, 2.05) is 0 Å². The summed E-state index contributed by atoms with van der Waals surface area (Å²) in [5.74, 6) is -0.0629. The Labute approximate surface area is 123 Å². The molecule has 2 aromatic carbocycles. The fourth-order valence-corrected chi connectivity index (χ4v) is 2.34. The third kappa shape index (κ3) is 3.08. The summed E-state index contributed by atoms with van der Waals surface area (Å²) >= 11 is 9.11. The van der Waals surface area contributed by atoms with E-state index < -0.39 is 11.9 Å².